The van der Waals surface area contributed by atoms with Gasteiger partial charge in [0.2, 0.25) is 5.91 Å². The van der Waals surface area contributed by atoms with Gasteiger partial charge in [-0.3, -0.25) is 4.79 Å². The van der Waals surface area contributed by atoms with Crippen molar-refractivity contribution in [3.8, 4) is 5.82 Å². The summed E-state index contributed by atoms with van der Waals surface area (Å²) in [5.74, 6) is 0.450. The van der Waals surface area contributed by atoms with Crippen molar-refractivity contribution in [3.05, 3.63) is 31.0 Å². The second-order valence-corrected chi connectivity index (χ2v) is 3.66. The second-order valence-electron chi connectivity index (χ2n) is 3.66. The first-order chi connectivity index (χ1) is 8.81. The van der Waals surface area contributed by atoms with Crippen LogP contribution in [0.4, 0.5) is 5.69 Å². The number of hydrogen-bond donors (Lipinski definition) is 2. The molecule has 2 heterocycles. The Balaban J connectivity index is 2.16. The van der Waals surface area contributed by atoms with Crippen molar-refractivity contribution >= 4 is 11.6 Å². The summed E-state index contributed by atoms with van der Waals surface area (Å²) in [5, 5.41) is 6.78. The number of aromatic nitrogens is 4. The van der Waals surface area contributed by atoms with Crippen LogP contribution in [0.25, 0.3) is 5.82 Å². The Morgan fingerprint density at radius 3 is 3.11 bits per heavy atom. The van der Waals surface area contributed by atoms with Gasteiger partial charge in [-0.25, -0.2) is 14.6 Å². The Kier molecular flexibility index (Phi) is 3.98. The molecule has 0 aromatic carbocycles. The maximum atomic E-state index is 11.7. The van der Waals surface area contributed by atoms with Crippen LogP contribution in [0.2, 0.25) is 0 Å². The van der Waals surface area contributed by atoms with Gasteiger partial charge < -0.3 is 11.1 Å². The lowest BCUT2D eigenvalue weighted by molar-refractivity contribution is -0.116. The number of carbonyl (C=O) groups is 1. The Bertz CT molecular complexity index is 510. The number of pyridine rings is 1. The van der Waals surface area contributed by atoms with Crippen molar-refractivity contribution in [2.45, 2.75) is 12.8 Å². The van der Waals surface area contributed by atoms with E-state index in [0.29, 0.717) is 30.9 Å². The van der Waals surface area contributed by atoms with Crippen LogP contribution in [0.1, 0.15) is 12.8 Å². The van der Waals surface area contributed by atoms with E-state index in [1.807, 2.05) is 0 Å². The van der Waals surface area contributed by atoms with Gasteiger partial charge in [0.25, 0.3) is 0 Å². The molecular weight excluding hydrogens is 232 g/mol. The molecule has 7 nitrogen and oxygen atoms in total. The molecule has 0 aliphatic carbocycles. The van der Waals surface area contributed by atoms with Crippen molar-refractivity contribution < 1.29 is 4.79 Å². The molecule has 0 radical (unpaired) electrons. The summed E-state index contributed by atoms with van der Waals surface area (Å²) < 4.78 is 1.50. The Hall–Kier alpha value is -2.28. The molecule has 18 heavy (non-hydrogen) atoms. The predicted molar refractivity (Wildman–Crippen MR) is 66.1 cm³/mol. The van der Waals surface area contributed by atoms with E-state index in [-0.39, 0.29) is 5.91 Å². The molecule has 94 valence electrons. The fraction of sp³-hybridized carbons (Fsp3) is 0.273. The number of anilines is 1. The minimum atomic E-state index is -0.0881. The average Bonchev–Trinajstić information content (AvgIpc) is 2.91. The normalized spacial score (nSPS) is 10.3. The minimum Gasteiger partial charge on any atom is -0.330 e. The molecule has 0 unspecified atom stereocenters. The van der Waals surface area contributed by atoms with E-state index < -0.39 is 0 Å². The van der Waals surface area contributed by atoms with E-state index >= 15 is 0 Å². The lowest BCUT2D eigenvalue weighted by Crippen LogP contribution is -2.15. The van der Waals surface area contributed by atoms with Gasteiger partial charge in [0.1, 0.15) is 12.7 Å². The molecule has 0 saturated heterocycles. The van der Waals surface area contributed by atoms with Crippen molar-refractivity contribution in [1.82, 2.24) is 19.7 Å². The van der Waals surface area contributed by atoms with Crippen LogP contribution in [0.5, 0.6) is 0 Å². The number of rotatable bonds is 5. The molecule has 1 amide bonds. The fourth-order valence-corrected chi connectivity index (χ4v) is 1.47. The van der Waals surface area contributed by atoms with Crippen molar-refractivity contribution in [2.24, 2.45) is 5.73 Å². The topological polar surface area (TPSA) is 98.7 Å². The summed E-state index contributed by atoms with van der Waals surface area (Å²) in [6.45, 7) is 0.496. The Labute approximate surface area is 104 Å². The van der Waals surface area contributed by atoms with Crippen LogP contribution >= 0.6 is 0 Å². The highest BCUT2D eigenvalue weighted by Gasteiger charge is 2.09. The molecule has 0 fully saturated rings. The SMILES string of the molecule is NCCCC(=O)Nc1cccnc1-n1cncn1. The molecule has 2 aromatic rings. The van der Waals surface area contributed by atoms with Crippen molar-refractivity contribution in [3.63, 3.8) is 0 Å². The summed E-state index contributed by atoms with van der Waals surface area (Å²) in [6.07, 6.45) is 5.62. The molecule has 0 aliphatic heterocycles. The average molecular weight is 246 g/mol. The van der Waals surface area contributed by atoms with Gasteiger partial charge in [0.05, 0.1) is 5.69 Å². The van der Waals surface area contributed by atoms with Gasteiger partial charge in [-0.05, 0) is 25.1 Å². The first-order valence-corrected chi connectivity index (χ1v) is 5.61. The number of carbonyl (C=O) groups excluding carboxylic acids is 1. The number of nitrogens with one attached hydrogen (secondary N) is 1. The molecule has 3 N–H and O–H groups in total. The highest BCUT2D eigenvalue weighted by Crippen LogP contribution is 2.15. The molecule has 0 spiro atoms. The smallest absolute Gasteiger partial charge is 0.224 e. The van der Waals surface area contributed by atoms with Gasteiger partial charge in [-0.15, -0.1) is 0 Å². The Morgan fingerprint density at radius 2 is 2.39 bits per heavy atom. The lowest BCUT2D eigenvalue weighted by atomic mass is 10.3. The molecule has 0 aliphatic rings. The maximum absolute atomic E-state index is 11.7. The second kappa shape index (κ2) is 5.87. The third kappa shape index (κ3) is 2.89. The summed E-state index contributed by atoms with van der Waals surface area (Å²) in [5.41, 5.74) is 5.96. The summed E-state index contributed by atoms with van der Waals surface area (Å²) >= 11 is 0. The zero-order valence-corrected chi connectivity index (χ0v) is 9.78. The highest BCUT2D eigenvalue weighted by atomic mass is 16.1. The quantitative estimate of drug-likeness (QED) is 0.792. The van der Waals surface area contributed by atoms with E-state index in [0.717, 1.165) is 0 Å². The zero-order valence-electron chi connectivity index (χ0n) is 9.78. The van der Waals surface area contributed by atoms with Crippen LogP contribution < -0.4 is 11.1 Å². The minimum absolute atomic E-state index is 0.0881. The van der Waals surface area contributed by atoms with Gasteiger partial charge >= 0.3 is 0 Å². The molecule has 2 rings (SSSR count). The lowest BCUT2D eigenvalue weighted by Gasteiger charge is -2.09. The zero-order chi connectivity index (χ0) is 12.8. The third-order valence-electron chi connectivity index (χ3n) is 2.30. The highest BCUT2D eigenvalue weighted by molar-refractivity contribution is 5.92. The first kappa shape index (κ1) is 12.2. The standard InChI is InChI=1S/C11H14N6O/c12-5-1-4-10(18)16-9-3-2-6-14-11(9)17-8-13-7-15-17/h2-3,6-8H,1,4-5,12H2,(H,16,18). The molecule has 2 aromatic heterocycles. The molecular formula is C11H14N6O. The fourth-order valence-electron chi connectivity index (χ4n) is 1.47. The number of hydrogen-bond acceptors (Lipinski definition) is 5. The van der Waals surface area contributed by atoms with E-state index in [1.54, 1.807) is 18.3 Å². The molecule has 0 bridgehead atoms. The van der Waals surface area contributed by atoms with Crippen LogP contribution in [-0.2, 0) is 4.79 Å². The molecule has 0 atom stereocenters. The third-order valence-corrected chi connectivity index (χ3v) is 2.30. The van der Waals surface area contributed by atoms with Crippen molar-refractivity contribution in [2.75, 3.05) is 11.9 Å². The largest absolute Gasteiger partial charge is 0.330 e. The van der Waals surface area contributed by atoms with Crippen molar-refractivity contribution in [1.29, 1.82) is 0 Å². The van der Waals surface area contributed by atoms with Gasteiger partial charge in [-0.1, -0.05) is 0 Å². The number of nitrogens with zero attached hydrogens (tertiary/aromatic N) is 4. The Morgan fingerprint density at radius 1 is 1.50 bits per heavy atom. The number of nitrogens with two attached hydrogens (primary N) is 1. The van der Waals surface area contributed by atoms with Gasteiger partial charge in [0.15, 0.2) is 5.82 Å². The summed E-state index contributed by atoms with van der Waals surface area (Å²) in [7, 11) is 0. The van der Waals surface area contributed by atoms with E-state index in [4.69, 9.17) is 5.73 Å². The maximum Gasteiger partial charge on any atom is 0.224 e. The van der Waals surface area contributed by atoms with E-state index in [2.05, 4.69) is 20.4 Å². The van der Waals surface area contributed by atoms with Crippen LogP contribution in [-0.4, -0.2) is 32.2 Å². The van der Waals surface area contributed by atoms with E-state index in [1.165, 1.54) is 17.3 Å². The molecule has 0 saturated carbocycles. The van der Waals surface area contributed by atoms with Gasteiger partial charge in [0, 0.05) is 12.6 Å². The van der Waals surface area contributed by atoms with E-state index in [9.17, 15) is 4.79 Å². The predicted octanol–water partition coefficient (Wildman–Crippen LogP) is 0.340. The van der Waals surface area contributed by atoms with Crippen LogP contribution in [0.15, 0.2) is 31.0 Å². The molecule has 7 heteroatoms. The van der Waals surface area contributed by atoms with Crippen LogP contribution in [0.3, 0.4) is 0 Å². The summed E-state index contributed by atoms with van der Waals surface area (Å²) in [6, 6.07) is 3.52. The van der Waals surface area contributed by atoms with Crippen LogP contribution in [0, 0.1) is 0 Å². The monoisotopic (exact) mass is 246 g/mol. The van der Waals surface area contributed by atoms with Gasteiger partial charge in [-0.2, -0.15) is 5.10 Å². The number of amides is 1. The first-order valence-electron chi connectivity index (χ1n) is 5.61. The summed E-state index contributed by atoms with van der Waals surface area (Å²) in [4.78, 5) is 19.7.